The molecular formula is C14H18N2O. The summed E-state index contributed by atoms with van der Waals surface area (Å²) in [5.74, 6) is 2.22. The van der Waals surface area contributed by atoms with Crippen LogP contribution in [0.3, 0.4) is 0 Å². The first-order valence-electron chi connectivity index (χ1n) is 6.41. The third kappa shape index (κ3) is 1.74. The number of carbonyl (C=O) groups excluding carboxylic acids is 1. The van der Waals surface area contributed by atoms with Gasteiger partial charge >= 0.3 is 0 Å². The van der Waals surface area contributed by atoms with Gasteiger partial charge in [-0.1, -0.05) is 6.42 Å². The summed E-state index contributed by atoms with van der Waals surface area (Å²) in [6, 6.07) is 1.89. The average Bonchev–Trinajstić information content (AvgIpc) is 2.93. The number of Topliss-reactive ketones (excluding diaryl/α,β-unsaturated/α-hetero) is 1. The van der Waals surface area contributed by atoms with E-state index in [1.165, 1.54) is 19.3 Å². The molecule has 90 valence electrons. The average molecular weight is 230 g/mol. The Morgan fingerprint density at radius 3 is 2.88 bits per heavy atom. The molecule has 3 nitrogen and oxygen atoms in total. The number of hydrogen-bond acceptors (Lipinski definition) is 3. The van der Waals surface area contributed by atoms with Crippen LogP contribution in [0, 0.1) is 24.7 Å². The van der Waals surface area contributed by atoms with Crippen molar-refractivity contribution in [3.63, 3.8) is 0 Å². The van der Waals surface area contributed by atoms with Crippen molar-refractivity contribution in [2.24, 2.45) is 17.8 Å². The highest BCUT2D eigenvalue weighted by Gasteiger charge is 2.43. The molecule has 2 bridgehead atoms. The van der Waals surface area contributed by atoms with Gasteiger partial charge in [0.15, 0.2) is 5.78 Å². The molecule has 1 aromatic rings. The van der Waals surface area contributed by atoms with Crippen molar-refractivity contribution in [1.29, 1.82) is 0 Å². The van der Waals surface area contributed by atoms with Crippen LogP contribution in [-0.2, 0) is 0 Å². The van der Waals surface area contributed by atoms with Crippen LogP contribution in [0.1, 0.15) is 41.6 Å². The van der Waals surface area contributed by atoms with E-state index in [4.69, 9.17) is 5.73 Å². The van der Waals surface area contributed by atoms with Crippen molar-refractivity contribution >= 4 is 11.6 Å². The van der Waals surface area contributed by atoms with E-state index in [0.717, 1.165) is 17.9 Å². The molecule has 2 saturated carbocycles. The van der Waals surface area contributed by atoms with Crippen LogP contribution in [0.5, 0.6) is 0 Å². The molecule has 3 unspecified atom stereocenters. The Hall–Kier alpha value is -1.38. The molecule has 0 spiro atoms. The van der Waals surface area contributed by atoms with Crippen molar-refractivity contribution in [1.82, 2.24) is 4.98 Å². The lowest BCUT2D eigenvalue weighted by molar-refractivity contribution is 0.0875. The Bertz CT molecular complexity index is 469. The zero-order valence-electron chi connectivity index (χ0n) is 10.1. The number of nitrogens with zero attached hydrogens (tertiary/aromatic N) is 1. The molecule has 3 rings (SSSR count). The van der Waals surface area contributed by atoms with Gasteiger partial charge in [0.2, 0.25) is 0 Å². The van der Waals surface area contributed by atoms with Crippen LogP contribution in [0.4, 0.5) is 5.82 Å². The maximum Gasteiger partial charge on any atom is 0.169 e. The van der Waals surface area contributed by atoms with Gasteiger partial charge in [-0.15, -0.1) is 0 Å². The zero-order valence-corrected chi connectivity index (χ0v) is 10.1. The van der Waals surface area contributed by atoms with Gasteiger partial charge in [-0.25, -0.2) is 4.98 Å². The third-order valence-electron chi connectivity index (χ3n) is 4.40. The summed E-state index contributed by atoms with van der Waals surface area (Å²) in [6.07, 6.45) is 6.57. The number of aromatic nitrogens is 1. The van der Waals surface area contributed by atoms with Gasteiger partial charge < -0.3 is 5.73 Å². The normalized spacial score (nSPS) is 30.8. The SMILES string of the molecule is Cc1cnc(N)c(C(=O)C2CC3CCC2C3)c1. The van der Waals surface area contributed by atoms with Crippen molar-refractivity contribution in [3.05, 3.63) is 23.4 Å². The van der Waals surface area contributed by atoms with Crippen molar-refractivity contribution in [2.75, 3.05) is 5.73 Å². The van der Waals surface area contributed by atoms with Gasteiger partial charge in [0.25, 0.3) is 0 Å². The molecular weight excluding hydrogens is 212 g/mol. The molecule has 2 fully saturated rings. The Labute approximate surface area is 101 Å². The first-order valence-corrected chi connectivity index (χ1v) is 6.41. The number of aryl methyl sites for hydroxylation is 1. The highest BCUT2D eigenvalue weighted by Crippen LogP contribution is 2.49. The molecule has 2 aliphatic rings. The van der Waals surface area contributed by atoms with Crippen molar-refractivity contribution in [3.8, 4) is 0 Å². The maximum atomic E-state index is 12.5. The largest absolute Gasteiger partial charge is 0.383 e. The van der Waals surface area contributed by atoms with E-state index in [0.29, 0.717) is 17.3 Å². The maximum absolute atomic E-state index is 12.5. The number of anilines is 1. The van der Waals surface area contributed by atoms with E-state index in [9.17, 15) is 4.79 Å². The molecule has 17 heavy (non-hydrogen) atoms. The molecule has 3 heteroatoms. The lowest BCUT2D eigenvalue weighted by Crippen LogP contribution is -2.22. The van der Waals surface area contributed by atoms with Gasteiger partial charge in [-0.3, -0.25) is 4.79 Å². The topological polar surface area (TPSA) is 56.0 Å². The van der Waals surface area contributed by atoms with E-state index >= 15 is 0 Å². The minimum Gasteiger partial charge on any atom is -0.383 e. The molecule has 1 aromatic heterocycles. The van der Waals surface area contributed by atoms with Crippen LogP contribution in [0.25, 0.3) is 0 Å². The van der Waals surface area contributed by atoms with E-state index in [1.54, 1.807) is 6.20 Å². The minimum absolute atomic E-state index is 0.208. The van der Waals surface area contributed by atoms with Gasteiger partial charge in [0.1, 0.15) is 5.82 Å². The predicted molar refractivity (Wildman–Crippen MR) is 66.7 cm³/mol. The second-order valence-corrected chi connectivity index (χ2v) is 5.59. The monoisotopic (exact) mass is 230 g/mol. The molecule has 0 saturated heterocycles. The van der Waals surface area contributed by atoms with Gasteiger partial charge in [0.05, 0.1) is 5.56 Å². The van der Waals surface area contributed by atoms with E-state index in [2.05, 4.69) is 4.98 Å². The minimum atomic E-state index is 0.208. The number of carbonyl (C=O) groups is 1. The van der Waals surface area contributed by atoms with Crippen molar-refractivity contribution in [2.45, 2.75) is 32.6 Å². The number of hydrogen-bond donors (Lipinski definition) is 1. The van der Waals surface area contributed by atoms with E-state index < -0.39 is 0 Å². The lowest BCUT2D eigenvalue weighted by Gasteiger charge is -2.20. The second-order valence-electron chi connectivity index (χ2n) is 5.59. The number of rotatable bonds is 2. The Kier molecular flexibility index (Phi) is 2.42. The Morgan fingerprint density at radius 1 is 1.41 bits per heavy atom. The summed E-state index contributed by atoms with van der Waals surface area (Å²) in [5, 5.41) is 0. The highest BCUT2D eigenvalue weighted by molar-refractivity contribution is 6.02. The van der Waals surface area contributed by atoms with Crippen molar-refractivity contribution < 1.29 is 4.79 Å². The Morgan fingerprint density at radius 2 is 2.24 bits per heavy atom. The number of nitrogens with two attached hydrogens (primary N) is 1. The molecule has 0 amide bonds. The zero-order chi connectivity index (χ0) is 12.0. The van der Waals surface area contributed by atoms with Crippen LogP contribution >= 0.6 is 0 Å². The van der Waals surface area contributed by atoms with Gasteiger partial charge in [0, 0.05) is 12.1 Å². The fourth-order valence-corrected chi connectivity index (χ4v) is 3.54. The Balaban J connectivity index is 1.89. The number of fused-ring (bicyclic) bond motifs is 2. The standard InChI is InChI=1S/C14H18N2O/c1-8-4-12(14(15)16-7-8)13(17)11-6-9-2-3-10(11)5-9/h4,7,9-11H,2-3,5-6H2,1H3,(H2,15,16). The molecule has 0 aromatic carbocycles. The van der Waals surface area contributed by atoms with Crippen LogP contribution in [-0.4, -0.2) is 10.8 Å². The summed E-state index contributed by atoms with van der Waals surface area (Å²) in [6.45, 7) is 1.95. The summed E-state index contributed by atoms with van der Waals surface area (Å²) in [5.41, 5.74) is 7.47. The third-order valence-corrected chi connectivity index (χ3v) is 4.40. The fraction of sp³-hybridized carbons (Fsp3) is 0.571. The second kappa shape index (κ2) is 3.83. The molecule has 0 aliphatic heterocycles. The summed E-state index contributed by atoms with van der Waals surface area (Å²) >= 11 is 0. The molecule has 1 heterocycles. The predicted octanol–water partition coefficient (Wildman–Crippen LogP) is 2.59. The quantitative estimate of drug-likeness (QED) is 0.794. The number of ketones is 1. The van der Waals surface area contributed by atoms with Crippen LogP contribution < -0.4 is 5.73 Å². The first kappa shape index (κ1) is 10.8. The summed E-state index contributed by atoms with van der Waals surface area (Å²) in [4.78, 5) is 16.6. The lowest BCUT2D eigenvalue weighted by atomic mass is 9.83. The fourth-order valence-electron chi connectivity index (χ4n) is 3.54. The summed E-state index contributed by atoms with van der Waals surface area (Å²) < 4.78 is 0. The number of pyridine rings is 1. The smallest absolute Gasteiger partial charge is 0.169 e. The molecule has 3 atom stereocenters. The van der Waals surface area contributed by atoms with Gasteiger partial charge in [-0.2, -0.15) is 0 Å². The molecule has 2 aliphatic carbocycles. The molecule has 0 radical (unpaired) electrons. The number of nitrogen functional groups attached to an aromatic ring is 1. The van der Waals surface area contributed by atoms with Crippen LogP contribution in [0.15, 0.2) is 12.3 Å². The van der Waals surface area contributed by atoms with E-state index in [1.807, 2.05) is 13.0 Å². The summed E-state index contributed by atoms with van der Waals surface area (Å²) in [7, 11) is 0. The van der Waals surface area contributed by atoms with Crippen LogP contribution in [0.2, 0.25) is 0 Å². The first-order chi connectivity index (χ1) is 8.15. The highest BCUT2D eigenvalue weighted by atomic mass is 16.1. The van der Waals surface area contributed by atoms with Gasteiger partial charge in [-0.05, 0) is 49.7 Å². The van der Waals surface area contributed by atoms with E-state index in [-0.39, 0.29) is 11.7 Å². The molecule has 2 N–H and O–H groups in total.